The van der Waals surface area contributed by atoms with E-state index in [-0.39, 0.29) is 13.0 Å². The Kier molecular flexibility index (Phi) is 8.30. The highest BCUT2D eigenvalue weighted by Crippen LogP contribution is 2.32. The second-order valence-electron chi connectivity index (χ2n) is 7.00. The van der Waals surface area contributed by atoms with Gasteiger partial charge in [0, 0.05) is 0 Å². The normalized spacial score (nSPS) is 20.5. The molecule has 1 N–H and O–H groups in total. The Morgan fingerprint density at radius 1 is 1.07 bits per heavy atom. The number of carboxylic acid groups (broad SMARTS) is 1. The Hall–Kier alpha value is -2.37. The van der Waals surface area contributed by atoms with Crippen LogP contribution in [0.1, 0.15) is 57.4 Å². The van der Waals surface area contributed by atoms with Crippen molar-refractivity contribution in [3.05, 3.63) is 35.9 Å². The third kappa shape index (κ3) is 6.38. The Morgan fingerprint density at radius 2 is 1.70 bits per heavy atom. The van der Waals surface area contributed by atoms with Gasteiger partial charge in [0.25, 0.3) is 0 Å². The van der Waals surface area contributed by atoms with Gasteiger partial charge in [0.2, 0.25) is 0 Å². The molecule has 0 radical (unpaired) electrons. The molecule has 27 heavy (non-hydrogen) atoms. The molecule has 1 aromatic rings. The summed E-state index contributed by atoms with van der Waals surface area (Å²) in [6.45, 7) is 2.10. The number of carbonyl (C=O) groups excluding carboxylic acids is 2. The van der Waals surface area contributed by atoms with Crippen LogP contribution in [0, 0.1) is 11.8 Å². The number of benzene rings is 1. The van der Waals surface area contributed by atoms with Crippen molar-refractivity contribution in [1.82, 2.24) is 0 Å². The largest absolute Gasteiger partial charge is 0.479 e. The van der Waals surface area contributed by atoms with Gasteiger partial charge < -0.3 is 14.6 Å². The Balaban J connectivity index is 1.96. The first-order chi connectivity index (χ1) is 13.0. The first kappa shape index (κ1) is 20.9. The quantitative estimate of drug-likeness (QED) is 0.661. The molecule has 1 aromatic carbocycles. The second kappa shape index (κ2) is 10.7. The van der Waals surface area contributed by atoms with Gasteiger partial charge in [0.15, 0.2) is 6.10 Å². The van der Waals surface area contributed by atoms with Crippen molar-refractivity contribution in [1.29, 1.82) is 0 Å². The molecule has 1 fully saturated rings. The van der Waals surface area contributed by atoms with Crippen molar-refractivity contribution in [2.24, 2.45) is 11.8 Å². The maximum atomic E-state index is 12.6. The summed E-state index contributed by atoms with van der Waals surface area (Å²) in [4.78, 5) is 36.4. The van der Waals surface area contributed by atoms with Crippen LogP contribution < -0.4 is 0 Å². The van der Waals surface area contributed by atoms with Crippen LogP contribution in [0.15, 0.2) is 30.3 Å². The van der Waals surface area contributed by atoms with Crippen molar-refractivity contribution < 1.29 is 29.0 Å². The minimum absolute atomic E-state index is 0.159. The summed E-state index contributed by atoms with van der Waals surface area (Å²) < 4.78 is 10.7. The van der Waals surface area contributed by atoms with Gasteiger partial charge in [-0.15, -0.1) is 0 Å². The molecule has 0 aromatic heterocycles. The average molecular weight is 376 g/mol. The monoisotopic (exact) mass is 376 g/mol. The number of esters is 2. The Morgan fingerprint density at radius 3 is 2.30 bits per heavy atom. The topological polar surface area (TPSA) is 89.9 Å². The lowest BCUT2D eigenvalue weighted by atomic mass is 9.79. The van der Waals surface area contributed by atoms with Crippen LogP contribution in [0.3, 0.4) is 0 Å². The number of carbonyl (C=O) groups is 3. The molecule has 0 heterocycles. The molecule has 0 bridgehead atoms. The van der Waals surface area contributed by atoms with Gasteiger partial charge >= 0.3 is 17.9 Å². The van der Waals surface area contributed by atoms with E-state index < -0.39 is 35.8 Å². The Labute approximate surface area is 159 Å². The fourth-order valence-corrected chi connectivity index (χ4v) is 3.38. The highest BCUT2D eigenvalue weighted by Gasteiger charge is 2.39. The predicted octanol–water partition coefficient (Wildman–Crippen LogP) is 3.72. The predicted molar refractivity (Wildman–Crippen MR) is 98.7 cm³/mol. The summed E-state index contributed by atoms with van der Waals surface area (Å²) in [6, 6.07) is 9.35. The third-order valence-corrected chi connectivity index (χ3v) is 4.95. The molecule has 0 saturated heterocycles. The minimum atomic E-state index is -1.15. The van der Waals surface area contributed by atoms with Gasteiger partial charge in [-0.05, 0) is 31.2 Å². The smallest absolute Gasteiger partial charge is 0.345 e. The van der Waals surface area contributed by atoms with Crippen molar-refractivity contribution in [2.75, 3.05) is 0 Å². The number of aliphatic carboxylic acids is 1. The number of carboxylic acids is 1. The molecule has 1 saturated carbocycles. The minimum Gasteiger partial charge on any atom is -0.479 e. The molecule has 3 atom stereocenters. The Bertz CT molecular complexity index is 627. The van der Waals surface area contributed by atoms with Crippen molar-refractivity contribution in [2.45, 2.75) is 64.6 Å². The molecule has 2 rings (SSSR count). The van der Waals surface area contributed by atoms with Gasteiger partial charge in [-0.1, -0.05) is 56.5 Å². The first-order valence-corrected chi connectivity index (χ1v) is 9.66. The van der Waals surface area contributed by atoms with E-state index in [0.29, 0.717) is 19.3 Å². The maximum absolute atomic E-state index is 12.6. The van der Waals surface area contributed by atoms with Crippen LogP contribution in [0.25, 0.3) is 0 Å². The lowest BCUT2D eigenvalue weighted by Gasteiger charge is -2.29. The van der Waals surface area contributed by atoms with Gasteiger partial charge in [0.1, 0.15) is 6.61 Å². The maximum Gasteiger partial charge on any atom is 0.345 e. The molecule has 1 aliphatic carbocycles. The number of hydrogen-bond acceptors (Lipinski definition) is 5. The molecule has 0 spiro atoms. The van der Waals surface area contributed by atoms with E-state index in [1.165, 1.54) is 0 Å². The zero-order valence-electron chi connectivity index (χ0n) is 15.8. The van der Waals surface area contributed by atoms with E-state index in [2.05, 4.69) is 0 Å². The van der Waals surface area contributed by atoms with Crippen molar-refractivity contribution in [3.8, 4) is 0 Å². The average Bonchev–Trinajstić information content (AvgIpc) is 2.69. The molecular weight excluding hydrogens is 348 g/mol. The fourth-order valence-electron chi connectivity index (χ4n) is 3.38. The molecule has 148 valence electrons. The summed E-state index contributed by atoms with van der Waals surface area (Å²) in [7, 11) is 0. The molecular formula is C21H28O6. The molecule has 1 aliphatic rings. The highest BCUT2D eigenvalue weighted by atomic mass is 16.6. The lowest BCUT2D eigenvalue weighted by Crippen LogP contribution is -2.38. The summed E-state index contributed by atoms with van der Waals surface area (Å²) in [6.07, 6.45) is 3.34. The zero-order valence-corrected chi connectivity index (χ0v) is 15.8. The standard InChI is InChI=1S/C21H28O6/c1-2-3-13-18(19(22)23)27-21(25)17-12-8-7-11-16(17)20(24)26-14-15-9-5-4-6-10-15/h4-6,9-10,16-18H,2-3,7-8,11-14H2,1H3,(H,22,23). The molecule has 0 amide bonds. The summed E-state index contributed by atoms with van der Waals surface area (Å²) in [5.74, 6) is -3.36. The number of unbranched alkanes of at least 4 members (excludes halogenated alkanes) is 1. The van der Waals surface area contributed by atoms with Gasteiger partial charge in [-0.25, -0.2) is 4.79 Å². The van der Waals surface area contributed by atoms with Crippen molar-refractivity contribution >= 4 is 17.9 Å². The first-order valence-electron chi connectivity index (χ1n) is 9.66. The molecule has 3 unspecified atom stereocenters. The van der Waals surface area contributed by atoms with Crippen LogP contribution >= 0.6 is 0 Å². The van der Waals surface area contributed by atoms with Crippen LogP contribution in [0.4, 0.5) is 0 Å². The summed E-state index contributed by atoms with van der Waals surface area (Å²) in [5, 5.41) is 9.26. The second-order valence-corrected chi connectivity index (χ2v) is 7.00. The lowest BCUT2D eigenvalue weighted by molar-refractivity contribution is -0.173. The van der Waals surface area contributed by atoms with Crippen LogP contribution in [0.2, 0.25) is 0 Å². The summed E-state index contributed by atoms with van der Waals surface area (Å²) >= 11 is 0. The molecule has 6 nitrogen and oxygen atoms in total. The summed E-state index contributed by atoms with van der Waals surface area (Å²) in [5.41, 5.74) is 0.881. The van der Waals surface area contributed by atoms with Crippen LogP contribution in [-0.2, 0) is 30.5 Å². The molecule has 6 heteroatoms. The van der Waals surface area contributed by atoms with E-state index >= 15 is 0 Å². The highest BCUT2D eigenvalue weighted by molar-refractivity contribution is 5.84. The van der Waals surface area contributed by atoms with Crippen LogP contribution in [-0.4, -0.2) is 29.1 Å². The third-order valence-electron chi connectivity index (χ3n) is 4.95. The van der Waals surface area contributed by atoms with E-state index in [4.69, 9.17) is 9.47 Å². The van der Waals surface area contributed by atoms with E-state index in [1.807, 2.05) is 37.3 Å². The van der Waals surface area contributed by atoms with Gasteiger partial charge in [-0.2, -0.15) is 0 Å². The van der Waals surface area contributed by atoms with E-state index in [0.717, 1.165) is 24.8 Å². The zero-order chi connectivity index (χ0) is 19.6. The van der Waals surface area contributed by atoms with Gasteiger partial charge in [0.05, 0.1) is 11.8 Å². The van der Waals surface area contributed by atoms with E-state index in [1.54, 1.807) is 0 Å². The van der Waals surface area contributed by atoms with Gasteiger partial charge in [-0.3, -0.25) is 9.59 Å². The van der Waals surface area contributed by atoms with E-state index in [9.17, 15) is 19.5 Å². The molecule has 0 aliphatic heterocycles. The number of rotatable bonds is 9. The van der Waals surface area contributed by atoms with Crippen LogP contribution in [0.5, 0.6) is 0 Å². The SMILES string of the molecule is CCCCC(OC(=O)C1CCCCC1C(=O)OCc1ccccc1)C(=O)O. The van der Waals surface area contributed by atoms with Crippen molar-refractivity contribution in [3.63, 3.8) is 0 Å². The number of hydrogen-bond donors (Lipinski definition) is 1. The fraction of sp³-hybridized carbons (Fsp3) is 0.571. The number of ether oxygens (including phenoxy) is 2.